The summed E-state index contributed by atoms with van der Waals surface area (Å²) in [6, 6.07) is 3.17. The second-order valence-electron chi connectivity index (χ2n) is 5.08. The van der Waals surface area contributed by atoms with Gasteiger partial charge in [0.05, 0.1) is 12.7 Å². The number of hydrogen-bond donors (Lipinski definition) is 1. The number of carbonyl (C=O) groups is 2. The predicted octanol–water partition coefficient (Wildman–Crippen LogP) is 2.97. The maximum atomic E-state index is 13.3. The molecule has 0 saturated carbocycles. The van der Waals surface area contributed by atoms with Crippen LogP contribution >= 0.6 is 0 Å². The molecule has 2 aromatic rings. The second kappa shape index (κ2) is 6.20. The molecule has 122 valence electrons. The number of rotatable bonds is 3. The molecule has 0 bridgehead atoms. The Labute approximate surface area is 131 Å². The number of esters is 1. The Kier molecular flexibility index (Phi) is 4.49. The van der Waals surface area contributed by atoms with Crippen LogP contribution in [0.5, 0.6) is 0 Å². The highest BCUT2D eigenvalue weighted by Gasteiger charge is 2.25. The van der Waals surface area contributed by atoms with Gasteiger partial charge in [0.1, 0.15) is 5.69 Å². The summed E-state index contributed by atoms with van der Waals surface area (Å²) in [6.07, 6.45) is 0. The molecule has 5 nitrogen and oxygen atoms in total. The lowest BCUT2D eigenvalue weighted by molar-refractivity contribution is 0.0599. The van der Waals surface area contributed by atoms with E-state index in [1.54, 1.807) is 13.8 Å². The molecule has 1 heterocycles. The van der Waals surface area contributed by atoms with Crippen LogP contribution in [0.25, 0.3) is 0 Å². The van der Waals surface area contributed by atoms with Crippen LogP contribution in [0.15, 0.2) is 18.2 Å². The van der Waals surface area contributed by atoms with E-state index in [2.05, 4.69) is 9.72 Å². The molecule has 0 spiro atoms. The molecule has 0 radical (unpaired) electrons. The zero-order chi connectivity index (χ0) is 17.3. The summed E-state index contributed by atoms with van der Waals surface area (Å²) < 4.78 is 31.0. The first-order valence-electron chi connectivity index (χ1n) is 6.78. The lowest BCUT2D eigenvalue weighted by Crippen LogP contribution is -2.27. The molecule has 1 N–H and O–H groups in total. The molecule has 0 atom stereocenters. The Morgan fingerprint density at radius 1 is 1.17 bits per heavy atom. The van der Waals surface area contributed by atoms with Crippen molar-refractivity contribution in [2.45, 2.75) is 13.8 Å². The number of halogens is 2. The number of ether oxygens (including phenoxy) is 1. The van der Waals surface area contributed by atoms with Gasteiger partial charge >= 0.3 is 5.97 Å². The highest BCUT2D eigenvalue weighted by molar-refractivity contribution is 6.07. The lowest BCUT2D eigenvalue weighted by Gasteiger charge is -2.17. The molecular weight excluding hydrogens is 306 g/mol. The first-order valence-corrected chi connectivity index (χ1v) is 6.78. The number of aromatic nitrogens is 1. The van der Waals surface area contributed by atoms with E-state index in [-0.39, 0.29) is 16.9 Å². The van der Waals surface area contributed by atoms with E-state index in [1.807, 2.05) is 0 Å². The summed E-state index contributed by atoms with van der Waals surface area (Å²) in [6.45, 7) is 3.26. The zero-order valence-electron chi connectivity index (χ0n) is 13.2. The molecule has 0 saturated heterocycles. The van der Waals surface area contributed by atoms with Crippen LogP contribution in [0.3, 0.4) is 0 Å². The van der Waals surface area contributed by atoms with Crippen molar-refractivity contribution in [1.29, 1.82) is 0 Å². The molecule has 0 unspecified atom stereocenters. The average Bonchev–Trinajstić information content (AvgIpc) is 2.82. The van der Waals surface area contributed by atoms with Gasteiger partial charge in [0.2, 0.25) is 0 Å². The first kappa shape index (κ1) is 16.7. The standard InChI is InChI=1S/C16H16F2N2O3/c1-8-13(16(22)23-4)9(2)19-14(8)15(21)20(3)10-5-6-11(17)12(18)7-10/h5-7,19H,1-4H3. The van der Waals surface area contributed by atoms with Crippen LogP contribution in [-0.4, -0.2) is 31.0 Å². The van der Waals surface area contributed by atoms with Crippen LogP contribution in [0.1, 0.15) is 32.1 Å². The topological polar surface area (TPSA) is 62.4 Å². The van der Waals surface area contributed by atoms with Crippen LogP contribution in [-0.2, 0) is 4.74 Å². The quantitative estimate of drug-likeness (QED) is 0.884. The number of nitrogens with one attached hydrogen (secondary N) is 1. The van der Waals surface area contributed by atoms with Gasteiger partial charge in [-0.25, -0.2) is 13.6 Å². The summed E-state index contributed by atoms with van der Waals surface area (Å²) in [5.74, 6) is -3.07. The average molecular weight is 322 g/mol. The van der Waals surface area contributed by atoms with Crippen LogP contribution < -0.4 is 4.90 Å². The number of hydrogen-bond acceptors (Lipinski definition) is 3. The van der Waals surface area contributed by atoms with Gasteiger partial charge in [-0.15, -0.1) is 0 Å². The fraction of sp³-hybridized carbons (Fsp3) is 0.250. The van der Waals surface area contributed by atoms with Crippen molar-refractivity contribution in [1.82, 2.24) is 4.98 Å². The number of aromatic amines is 1. The Bertz CT molecular complexity index is 784. The first-order chi connectivity index (χ1) is 10.8. The van der Waals surface area contributed by atoms with Gasteiger partial charge < -0.3 is 14.6 Å². The Morgan fingerprint density at radius 2 is 1.83 bits per heavy atom. The molecule has 0 fully saturated rings. The van der Waals surface area contributed by atoms with Crippen molar-refractivity contribution < 1.29 is 23.1 Å². The van der Waals surface area contributed by atoms with Gasteiger partial charge in [0.25, 0.3) is 5.91 Å². The highest BCUT2D eigenvalue weighted by Crippen LogP contribution is 2.23. The minimum atomic E-state index is -1.04. The van der Waals surface area contributed by atoms with Gasteiger partial charge in [-0.2, -0.15) is 0 Å². The largest absolute Gasteiger partial charge is 0.465 e. The smallest absolute Gasteiger partial charge is 0.339 e. The van der Waals surface area contributed by atoms with Crippen molar-refractivity contribution in [2.75, 3.05) is 19.1 Å². The summed E-state index contributed by atoms with van der Waals surface area (Å²) >= 11 is 0. The zero-order valence-corrected chi connectivity index (χ0v) is 13.2. The molecule has 0 aliphatic heterocycles. The highest BCUT2D eigenvalue weighted by atomic mass is 19.2. The van der Waals surface area contributed by atoms with Crippen molar-refractivity contribution in [3.05, 3.63) is 52.3 Å². The molecule has 1 aromatic carbocycles. The van der Waals surface area contributed by atoms with E-state index < -0.39 is 23.5 Å². The van der Waals surface area contributed by atoms with E-state index in [9.17, 15) is 18.4 Å². The summed E-state index contributed by atoms with van der Waals surface area (Å²) in [4.78, 5) is 28.3. The summed E-state index contributed by atoms with van der Waals surface area (Å²) in [7, 11) is 2.69. The third-order valence-electron chi connectivity index (χ3n) is 3.64. The molecule has 7 heteroatoms. The van der Waals surface area contributed by atoms with Crippen molar-refractivity contribution in [3.8, 4) is 0 Å². The molecule has 0 aliphatic rings. The SMILES string of the molecule is COC(=O)c1c(C)[nH]c(C(=O)N(C)c2ccc(F)c(F)c2)c1C. The normalized spacial score (nSPS) is 10.5. The Morgan fingerprint density at radius 3 is 2.39 bits per heavy atom. The number of methoxy groups -OCH3 is 1. The maximum absolute atomic E-state index is 13.3. The summed E-state index contributed by atoms with van der Waals surface area (Å²) in [5.41, 5.74) is 1.61. The number of aryl methyl sites for hydroxylation is 1. The Balaban J connectivity index is 2.40. The van der Waals surface area contributed by atoms with Crippen LogP contribution in [0, 0.1) is 25.5 Å². The van der Waals surface area contributed by atoms with Gasteiger partial charge in [-0.3, -0.25) is 4.79 Å². The monoisotopic (exact) mass is 322 g/mol. The minimum absolute atomic E-state index is 0.190. The van der Waals surface area contributed by atoms with E-state index >= 15 is 0 Å². The van der Waals surface area contributed by atoms with Gasteiger partial charge in [0.15, 0.2) is 11.6 Å². The molecule has 2 rings (SSSR count). The van der Waals surface area contributed by atoms with E-state index in [0.717, 1.165) is 12.1 Å². The van der Waals surface area contributed by atoms with Crippen molar-refractivity contribution >= 4 is 17.6 Å². The van der Waals surface area contributed by atoms with Crippen LogP contribution in [0.4, 0.5) is 14.5 Å². The predicted molar refractivity (Wildman–Crippen MR) is 80.7 cm³/mol. The van der Waals surface area contributed by atoms with Crippen molar-refractivity contribution in [2.24, 2.45) is 0 Å². The van der Waals surface area contributed by atoms with E-state index in [1.165, 1.54) is 25.1 Å². The third kappa shape index (κ3) is 2.94. The summed E-state index contributed by atoms with van der Waals surface area (Å²) in [5, 5.41) is 0. The molecule has 23 heavy (non-hydrogen) atoms. The number of anilines is 1. The second-order valence-corrected chi connectivity index (χ2v) is 5.08. The van der Waals surface area contributed by atoms with Gasteiger partial charge in [-0.05, 0) is 31.5 Å². The maximum Gasteiger partial charge on any atom is 0.339 e. The van der Waals surface area contributed by atoms with Crippen LogP contribution in [0.2, 0.25) is 0 Å². The number of carbonyl (C=O) groups excluding carboxylic acids is 2. The third-order valence-corrected chi connectivity index (χ3v) is 3.64. The molecule has 1 aromatic heterocycles. The lowest BCUT2D eigenvalue weighted by atomic mass is 10.1. The number of benzene rings is 1. The number of H-pyrrole nitrogens is 1. The number of amides is 1. The van der Waals surface area contributed by atoms with Gasteiger partial charge in [-0.1, -0.05) is 0 Å². The minimum Gasteiger partial charge on any atom is -0.465 e. The fourth-order valence-electron chi connectivity index (χ4n) is 2.35. The number of nitrogens with zero attached hydrogens (tertiary/aromatic N) is 1. The molecular formula is C16H16F2N2O3. The van der Waals surface area contributed by atoms with Crippen molar-refractivity contribution in [3.63, 3.8) is 0 Å². The molecule has 0 aliphatic carbocycles. The molecule has 1 amide bonds. The van der Waals surface area contributed by atoms with Gasteiger partial charge in [0, 0.05) is 24.5 Å². The van der Waals surface area contributed by atoms with E-state index in [4.69, 9.17) is 0 Å². The van der Waals surface area contributed by atoms with E-state index in [0.29, 0.717) is 11.3 Å². The Hall–Kier alpha value is -2.70. The fourth-order valence-corrected chi connectivity index (χ4v) is 2.35.